The minimum atomic E-state index is -3.99. The fraction of sp³-hybridized carbons (Fsp3) is 0.412. The molecule has 0 atom stereocenters. The fourth-order valence-corrected chi connectivity index (χ4v) is 4.09. The van der Waals surface area contributed by atoms with Gasteiger partial charge in [-0.05, 0) is 31.0 Å². The van der Waals surface area contributed by atoms with Crippen LogP contribution < -0.4 is 14.5 Å². The van der Waals surface area contributed by atoms with Gasteiger partial charge in [0.05, 0.1) is 11.9 Å². The van der Waals surface area contributed by atoms with Crippen LogP contribution in [0.2, 0.25) is 0 Å². The first-order chi connectivity index (χ1) is 12.7. The van der Waals surface area contributed by atoms with Crippen molar-refractivity contribution in [3.8, 4) is 0 Å². The van der Waals surface area contributed by atoms with Gasteiger partial charge in [-0.2, -0.15) is 4.98 Å². The molecule has 0 amide bonds. The number of halogens is 2. The summed E-state index contributed by atoms with van der Waals surface area (Å²) in [5.74, 6) is -1.24. The summed E-state index contributed by atoms with van der Waals surface area (Å²) in [5.41, 5.74) is -0.0664. The number of aromatic nitrogens is 2. The molecule has 0 aliphatic carbocycles. The van der Waals surface area contributed by atoms with Gasteiger partial charge in [-0.3, -0.25) is 4.72 Å². The summed E-state index contributed by atoms with van der Waals surface area (Å²) >= 11 is 0. The Balaban J connectivity index is 1.85. The van der Waals surface area contributed by atoms with Crippen LogP contribution in [-0.4, -0.2) is 45.6 Å². The summed E-state index contributed by atoms with van der Waals surface area (Å²) < 4.78 is 54.4. The number of nitrogens with zero attached hydrogens (tertiary/aromatic N) is 4. The number of rotatable bonds is 6. The van der Waals surface area contributed by atoms with Gasteiger partial charge in [0, 0.05) is 32.7 Å². The molecule has 2 aromatic rings. The van der Waals surface area contributed by atoms with Crippen LogP contribution in [0.1, 0.15) is 18.4 Å². The van der Waals surface area contributed by atoms with Crippen molar-refractivity contribution in [2.45, 2.75) is 18.6 Å². The molecular weight excluding hydrogens is 376 g/mol. The van der Waals surface area contributed by atoms with Crippen LogP contribution in [0.3, 0.4) is 0 Å². The van der Waals surface area contributed by atoms with Gasteiger partial charge in [0.25, 0.3) is 0 Å². The van der Waals surface area contributed by atoms with Crippen molar-refractivity contribution in [1.82, 2.24) is 9.97 Å². The molecule has 27 heavy (non-hydrogen) atoms. The first kappa shape index (κ1) is 19.3. The van der Waals surface area contributed by atoms with Crippen molar-refractivity contribution < 1.29 is 17.2 Å². The Morgan fingerprint density at radius 1 is 1.22 bits per heavy atom. The van der Waals surface area contributed by atoms with E-state index in [1.54, 1.807) is 19.0 Å². The average Bonchev–Trinajstić information content (AvgIpc) is 3.12. The fourth-order valence-electron chi connectivity index (χ4n) is 2.91. The molecule has 0 radical (unpaired) electrons. The van der Waals surface area contributed by atoms with E-state index >= 15 is 0 Å². The second-order valence-electron chi connectivity index (χ2n) is 6.59. The molecule has 146 valence electrons. The molecule has 0 saturated carbocycles. The Kier molecular flexibility index (Phi) is 5.45. The standard InChI is InChI=1S/C17H21F2N5O2S/c1-23(2)16-15(10-20-17(21-16)24-7-3-4-8-24)22-27(25,26)11-12-9-13(18)5-6-14(12)19/h5-6,9-10,22H,3-4,7-8,11H2,1-2H3. The first-order valence-electron chi connectivity index (χ1n) is 8.49. The number of nitrogens with one attached hydrogen (secondary N) is 1. The lowest BCUT2D eigenvalue weighted by atomic mass is 10.2. The molecule has 2 heterocycles. The summed E-state index contributed by atoms with van der Waals surface area (Å²) in [6.07, 6.45) is 3.53. The zero-order valence-corrected chi connectivity index (χ0v) is 15.9. The number of hydrogen-bond acceptors (Lipinski definition) is 6. The Hall–Kier alpha value is -2.49. The van der Waals surface area contributed by atoms with Gasteiger partial charge in [-0.25, -0.2) is 22.2 Å². The quantitative estimate of drug-likeness (QED) is 0.806. The van der Waals surface area contributed by atoms with Gasteiger partial charge in [0.2, 0.25) is 16.0 Å². The molecule has 1 aromatic carbocycles. The second-order valence-corrected chi connectivity index (χ2v) is 8.32. The molecular formula is C17H21F2N5O2S. The normalized spacial score (nSPS) is 14.4. The van der Waals surface area contributed by atoms with Crippen LogP contribution in [0.4, 0.5) is 26.2 Å². The van der Waals surface area contributed by atoms with Crippen molar-refractivity contribution in [3.63, 3.8) is 0 Å². The average molecular weight is 397 g/mol. The maximum atomic E-state index is 13.8. The highest BCUT2D eigenvalue weighted by Gasteiger charge is 2.21. The minimum Gasteiger partial charge on any atom is -0.361 e. The van der Waals surface area contributed by atoms with Gasteiger partial charge in [-0.15, -0.1) is 0 Å². The smallest absolute Gasteiger partial charge is 0.237 e. The van der Waals surface area contributed by atoms with Gasteiger partial charge in [0.15, 0.2) is 5.82 Å². The lowest BCUT2D eigenvalue weighted by molar-refractivity contribution is 0.581. The maximum Gasteiger partial charge on any atom is 0.237 e. The summed E-state index contributed by atoms with van der Waals surface area (Å²) in [6, 6.07) is 2.71. The van der Waals surface area contributed by atoms with E-state index in [-0.39, 0.29) is 11.3 Å². The topological polar surface area (TPSA) is 78.4 Å². The van der Waals surface area contributed by atoms with Crippen LogP contribution in [0.5, 0.6) is 0 Å². The second kappa shape index (κ2) is 7.63. The summed E-state index contributed by atoms with van der Waals surface area (Å²) in [5, 5.41) is 0. The van der Waals surface area contributed by atoms with Crippen molar-refractivity contribution in [3.05, 3.63) is 41.6 Å². The highest BCUT2D eigenvalue weighted by Crippen LogP contribution is 2.27. The Morgan fingerprint density at radius 2 is 1.93 bits per heavy atom. The SMILES string of the molecule is CN(C)c1nc(N2CCCC2)ncc1NS(=O)(=O)Cc1cc(F)ccc1F. The molecule has 1 fully saturated rings. The van der Waals surface area contributed by atoms with Gasteiger partial charge in [0.1, 0.15) is 17.3 Å². The summed E-state index contributed by atoms with van der Waals surface area (Å²) in [6.45, 7) is 1.72. The third-order valence-corrected chi connectivity index (χ3v) is 5.41. The van der Waals surface area contributed by atoms with E-state index in [4.69, 9.17) is 0 Å². The van der Waals surface area contributed by atoms with E-state index in [1.165, 1.54) is 6.20 Å². The minimum absolute atomic E-state index is 0.180. The number of anilines is 3. The van der Waals surface area contributed by atoms with Gasteiger partial charge >= 0.3 is 0 Å². The highest BCUT2D eigenvalue weighted by atomic mass is 32.2. The molecule has 1 saturated heterocycles. The molecule has 0 bridgehead atoms. The van der Waals surface area contributed by atoms with E-state index < -0.39 is 27.4 Å². The maximum absolute atomic E-state index is 13.8. The van der Waals surface area contributed by atoms with E-state index in [9.17, 15) is 17.2 Å². The van der Waals surface area contributed by atoms with Gasteiger partial charge < -0.3 is 9.80 Å². The number of sulfonamides is 1. The van der Waals surface area contributed by atoms with E-state index in [2.05, 4.69) is 14.7 Å². The van der Waals surface area contributed by atoms with Crippen molar-refractivity contribution in [2.75, 3.05) is 41.7 Å². The monoisotopic (exact) mass is 397 g/mol. The van der Waals surface area contributed by atoms with Crippen LogP contribution in [0.15, 0.2) is 24.4 Å². The van der Waals surface area contributed by atoms with Gasteiger partial charge in [-0.1, -0.05) is 0 Å². The van der Waals surface area contributed by atoms with Crippen LogP contribution in [-0.2, 0) is 15.8 Å². The Bertz CT molecular complexity index is 931. The lowest BCUT2D eigenvalue weighted by Gasteiger charge is -2.21. The molecule has 0 unspecified atom stereocenters. The predicted octanol–water partition coefficient (Wildman–Crippen LogP) is 2.36. The lowest BCUT2D eigenvalue weighted by Crippen LogP contribution is -2.24. The molecule has 1 aromatic heterocycles. The van der Waals surface area contributed by atoms with E-state index in [1.807, 2.05) is 4.90 Å². The van der Waals surface area contributed by atoms with Crippen molar-refractivity contribution >= 4 is 27.5 Å². The molecule has 7 nitrogen and oxygen atoms in total. The molecule has 1 aliphatic heterocycles. The summed E-state index contributed by atoms with van der Waals surface area (Å²) in [4.78, 5) is 12.4. The Morgan fingerprint density at radius 3 is 2.59 bits per heavy atom. The van der Waals surface area contributed by atoms with E-state index in [0.717, 1.165) is 44.1 Å². The zero-order chi connectivity index (χ0) is 19.6. The third-order valence-electron chi connectivity index (χ3n) is 4.19. The van der Waals surface area contributed by atoms with Crippen LogP contribution in [0.25, 0.3) is 0 Å². The summed E-state index contributed by atoms with van der Waals surface area (Å²) in [7, 11) is -0.519. The largest absolute Gasteiger partial charge is 0.361 e. The molecule has 10 heteroatoms. The third kappa shape index (κ3) is 4.62. The number of hydrogen-bond donors (Lipinski definition) is 1. The highest BCUT2D eigenvalue weighted by molar-refractivity contribution is 7.91. The Labute approximate surface area is 157 Å². The zero-order valence-electron chi connectivity index (χ0n) is 15.1. The van der Waals surface area contributed by atoms with E-state index in [0.29, 0.717) is 11.8 Å². The molecule has 0 spiro atoms. The van der Waals surface area contributed by atoms with Crippen molar-refractivity contribution in [1.29, 1.82) is 0 Å². The predicted molar refractivity (Wildman–Crippen MR) is 100 cm³/mol. The molecule has 1 N–H and O–H groups in total. The molecule has 3 rings (SSSR count). The van der Waals surface area contributed by atoms with Crippen molar-refractivity contribution in [2.24, 2.45) is 0 Å². The van der Waals surface area contributed by atoms with Crippen LogP contribution in [0, 0.1) is 11.6 Å². The first-order valence-corrected chi connectivity index (χ1v) is 10.1. The number of benzene rings is 1. The van der Waals surface area contributed by atoms with Crippen LogP contribution >= 0.6 is 0 Å². The molecule has 1 aliphatic rings.